The van der Waals surface area contributed by atoms with Gasteiger partial charge in [0.15, 0.2) is 17.5 Å². The molecule has 0 aliphatic rings. The molecule has 5 nitrogen and oxygen atoms in total. The van der Waals surface area contributed by atoms with Gasteiger partial charge in [0.05, 0.1) is 0 Å². The lowest BCUT2D eigenvalue weighted by atomic mass is 10.00. The van der Waals surface area contributed by atoms with Crippen molar-refractivity contribution in [1.82, 2.24) is 15.0 Å². The van der Waals surface area contributed by atoms with Crippen LogP contribution < -0.4 is 0 Å². The molecule has 0 bridgehead atoms. The molecule has 0 spiro atoms. The number of nitrogens with zero attached hydrogens (tertiary/aromatic N) is 3. The third-order valence-corrected chi connectivity index (χ3v) is 8.93. The van der Waals surface area contributed by atoms with Crippen LogP contribution >= 0.6 is 0 Å². The first-order valence-corrected chi connectivity index (χ1v) is 15.3. The number of fused-ring (bicyclic) bond motifs is 9. The molecule has 0 aliphatic carbocycles. The summed E-state index contributed by atoms with van der Waals surface area (Å²) in [4.78, 5) is 15.5. The standard InChI is InChI=1S/C41H23N3O2/c1-2-10-27-24(9-1)19-20-25-23-26(21-22-28(25)27)39-42-40(31-13-7-17-35-37(31)29-11-3-5-15-33(29)45-35)44-41(43-39)32-14-8-18-36-38(32)30-12-4-6-16-34(30)46-36/h1-23H. The van der Waals surface area contributed by atoms with Gasteiger partial charge in [-0.05, 0) is 51.9 Å². The number of aromatic nitrogens is 3. The first-order chi connectivity index (χ1) is 22.8. The minimum atomic E-state index is 0.584. The fourth-order valence-corrected chi connectivity index (χ4v) is 6.82. The molecule has 0 aliphatic heterocycles. The summed E-state index contributed by atoms with van der Waals surface area (Å²) in [6.07, 6.45) is 0. The Bertz CT molecular complexity index is 2700. The van der Waals surface area contributed by atoms with Crippen LogP contribution in [0.1, 0.15) is 0 Å². The van der Waals surface area contributed by atoms with Crippen molar-refractivity contribution in [3.63, 3.8) is 0 Å². The van der Waals surface area contributed by atoms with Gasteiger partial charge in [-0.25, -0.2) is 15.0 Å². The average molecular weight is 590 g/mol. The van der Waals surface area contributed by atoms with E-state index in [9.17, 15) is 0 Å². The highest BCUT2D eigenvalue weighted by atomic mass is 16.3. The third-order valence-electron chi connectivity index (χ3n) is 8.93. The minimum absolute atomic E-state index is 0.584. The van der Waals surface area contributed by atoms with E-state index in [1.54, 1.807) is 0 Å². The van der Waals surface area contributed by atoms with Gasteiger partial charge < -0.3 is 8.83 Å². The Labute approximate surface area is 262 Å². The molecule has 3 aromatic heterocycles. The van der Waals surface area contributed by atoms with Crippen LogP contribution in [0.4, 0.5) is 0 Å². The van der Waals surface area contributed by atoms with E-state index in [2.05, 4.69) is 78.9 Å². The lowest BCUT2D eigenvalue weighted by Gasteiger charge is -2.11. The van der Waals surface area contributed by atoms with Crippen molar-refractivity contribution in [3.05, 3.63) is 140 Å². The highest BCUT2D eigenvalue weighted by Gasteiger charge is 2.20. The van der Waals surface area contributed by atoms with Crippen LogP contribution in [-0.2, 0) is 0 Å². The van der Waals surface area contributed by atoms with Crippen LogP contribution in [0.3, 0.4) is 0 Å². The van der Waals surface area contributed by atoms with Gasteiger partial charge in [0.25, 0.3) is 0 Å². The molecular weight excluding hydrogens is 566 g/mol. The molecule has 0 atom stereocenters. The monoisotopic (exact) mass is 589 g/mol. The first-order valence-electron chi connectivity index (χ1n) is 15.3. The second-order valence-electron chi connectivity index (χ2n) is 11.6. The maximum atomic E-state index is 6.24. The Hall–Kier alpha value is -6.33. The average Bonchev–Trinajstić information content (AvgIpc) is 3.70. The Morgan fingerprint density at radius 3 is 1.50 bits per heavy atom. The van der Waals surface area contributed by atoms with Crippen LogP contribution in [0.2, 0.25) is 0 Å². The largest absolute Gasteiger partial charge is 0.456 e. The van der Waals surface area contributed by atoms with Crippen LogP contribution in [-0.4, -0.2) is 15.0 Å². The third kappa shape index (κ3) is 3.72. The lowest BCUT2D eigenvalue weighted by Crippen LogP contribution is -2.00. The van der Waals surface area contributed by atoms with Gasteiger partial charge in [0.2, 0.25) is 0 Å². The van der Waals surface area contributed by atoms with E-state index in [-0.39, 0.29) is 0 Å². The molecule has 0 amide bonds. The summed E-state index contributed by atoms with van der Waals surface area (Å²) in [5, 5.41) is 8.78. The maximum absolute atomic E-state index is 6.24. The van der Waals surface area contributed by atoms with Gasteiger partial charge in [-0.15, -0.1) is 0 Å². The predicted molar refractivity (Wildman–Crippen MR) is 186 cm³/mol. The summed E-state index contributed by atoms with van der Waals surface area (Å²) in [6.45, 7) is 0. The number of para-hydroxylation sites is 2. The Kier molecular flexibility index (Phi) is 5.22. The van der Waals surface area contributed by atoms with E-state index < -0.39 is 0 Å². The summed E-state index contributed by atoms with van der Waals surface area (Å²) in [5.41, 5.74) is 5.95. The Balaban J connectivity index is 1.27. The second-order valence-corrected chi connectivity index (χ2v) is 11.6. The SMILES string of the molecule is c1ccc2c(c1)ccc1cc(-c3nc(-c4cccc5oc6ccccc6c45)nc(-c4cccc5oc6ccccc6c45)n3)ccc12. The molecule has 0 radical (unpaired) electrons. The molecule has 0 fully saturated rings. The normalized spacial score (nSPS) is 11.9. The van der Waals surface area contributed by atoms with E-state index in [1.807, 2.05) is 60.7 Å². The fourth-order valence-electron chi connectivity index (χ4n) is 6.82. The molecule has 7 aromatic carbocycles. The van der Waals surface area contributed by atoms with Gasteiger partial charge in [0.1, 0.15) is 22.3 Å². The highest BCUT2D eigenvalue weighted by molar-refractivity contribution is 6.13. The molecule has 10 rings (SSSR count). The lowest BCUT2D eigenvalue weighted by molar-refractivity contribution is 0.668. The van der Waals surface area contributed by atoms with Crippen molar-refractivity contribution < 1.29 is 8.83 Å². The van der Waals surface area contributed by atoms with Gasteiger partial charge >= 0.3 is 0 Å². The Morgan fingerprint density at radius 2 is 0.848 bits per heavy atom. The van der Waals surface area contributed by atoms with Crippen molar-refractivity contribution in [2.24, 2.45) is 0 Å². The van der Waals surface area contributed by atoms with E-state index in [1.165, 1.54) is 16.2 Å². The van der Waals surface area contributed by atoms with E-state index in [0.717, 1.165) is 66.0 Å². The first kappa shape index (κ1) is 25.0. The number of furan rings is 2. The molecule has 0 N–H and O–H groups in total. The quantitative estimate of drug-likeness (QED) is 0.192. The number of hydrogen-bond donors (Lipinski definition) is 0. The maximum Gasteiger partial charge on any atom is 0.164 e. The molecule has 0 unspecified atom stereocenters. The molecule has 46 heavy (non-hydrogen) atoms. The Morgan fingerprint density at radius 1 is 0.348 bits per heavy atom. The van der Waals surface area contributed by atoms with Gasteiger partial charge in [-0.1, -0.05) is 109 Å². The summed E-state index contributed by atoms with van der Waals surface area (Å²) < 4.78 is 12.5. The molecule has 0 saturated heterocycles. The predicted octanol–water partition coefficient (Wildman–Crippen LogP) is 11.0. The van der Waals surface area contributed by atoms with Gasteiger partial charge in [-0.2, -0.15) is 0 Å². The van der Waals surface area contributed by atoms with E-state index in [4.69, 9.17) is 23.8 Å². The second kappa shape index (κ2) is 9.58. The molecule has 10 aromatic rings. The van der Waals surface area contributed by atoms with Gasteiger partial charge in [-0.3, -0.25) is 0 Å². The zero-order chi connectivity index (χ0) is 30.2. The highest BCUT2D eigenvalue weighted by Crippen LogP contribution is 2.39. The van der Waals surface area contributed by atoms with Crippen LogP contribution in [0, 0.1) is 0 Å². The zero-order valence-electron chi connectivity index (χ0n) is 24.4. The smallest absolute Gasteiger partial charge is 0.164 e. The van der Waals surface area contributed by atoms with Crippen molar-refractivity contribution in [3.8, 4) is 34.2 Å². The topological polar surface area (TPSA) is 65.0 Å². The van der Waals surface area contributed by atoms with E-state index >= 15 is 0 Å². The van der Waals surface area contributed by atoms with E-state index in [0.29, 0.717) is 17.5 Å². The zero-order valence-corrected chi connectivity index (χ0v) is 24.4. The van der Waals surface area contributed by atoms with Crippen molar-refractivity contribution in [2.75, 3.05) is 0 Å². The number of benzene rings is 7. The van der Waals surface area contributed by atoms with Gasteiger partial charge in [0, 0.05) is 38.2 Å². The van der Waals surface area contributed by atoms with Crippen molar-refractivity contribution >= 4 is 65.4 Å². The van der Waals surface area contributed by atoms with Crippen molar-refractivity contribution in [1.29, 1.82) is 0 Å². The molecule has 214 valence electrons. The minimum Gasteiger partial charge on any atom is -0.456 e. The molecule has 5 heteroatoms. The van der Waals surface area contributed by atoms with Crippen LogP contribution in [0.15, 0.2) is 148 Å². The molecule has 3 heterocycles. The van der Waals surface area contributed by atoms with Crippen LogP contribution in [0.5, 0.6) is 0 Å². The summed E-state index contributed by atoms with van der Waals surface area (Å²) in [5.74, 6) is 1.77. The molecule has 0 saturated carbocycles. The summed E-state index contributed by atoms with van der Waals surface area (Å²) >= 11 is 0. The van der Waals surface area contributed by atoms with Crippen LogP contribution in [0.25, 0.3) is 99.6 Å². The fraction of sp³-hybridized carbons (Fsp3) is 0. The van der Waals surface area contributed by atoms with Crippen molar-refractivity contribution in [2.45, 2.75) is 0 Å². The summed E-state index contributed by atoms with van der Waals surface area (Å²) in [7, 11) is 0. The number of hydrogen-bond acceptors (Lipinski definition) is 5. The summed E-state index contributed by atoms with van der Waals surface area (Å²) in [6, 6.07) is 47.6. The number of rotatable bonds is 3. The molecular formula is C41H23N3O2.